The first-order valence-corrected chi connectivity index (χ1v) is 9.37. The Morgan fingerprint density at radius 1 is 1.04 bits per heavy atom. The van der Waals surface area contributed by atoms with Crippen molar-refractivity contribution in [3.05, 3.63) is 41.6 Å². The van der Waals surface area contributed by atoms with E-state index in [1.54, 1.807) is 26.4 Å². The SMILES string of the molecule is COc1ccc(CCNc2ccc(C(=O)N3CCN(C)CC3)nn2)cc1OC. The van der Waals surface area contributed by atoms with Gasteiger partial charge >= 0.3 is 0 Å². The van der Waals surface area contributed by atoms with Crippen molar-refractivity contribution in [2.75, 3.05) is 59.3 Å². The standard InChI is InChI=1S/C20H27N5O3/c1-24-10-12-25(13-11-24)20(26)16-5-7-19(23-22-16)21-9-8-15-4-6-17(27-2)18(14-15)28-3/h4-7,14H,8-13H2,1-3H3,(H,21,23). The number of carbonyl (C=O) groups is 1. The van der Waals surface area contributed by atoms with E-state index in [1.165, 1.54) is 0 Å². The van der Waals surface area contributed by atoms with Gasteiger partial charge in [0, 0.05) is 32.7 Å². The summed E-state index contributed by atoms with van der Waals surface area (Å²) in [6, 6.07) is 9.39. The first-order chi connectivity index (χ1) is 13.6. The van der Waals surface area contributed by atoms with Crippen LogP contribution in [0.4, 0.5) is 5.82 Å². The molecule has 1 aromatic heterocycles. The van der Waals surface area contributed by atoms with Crippen LogP contribution < -0.4 is 14.8 Å². The fourth-order valence-corrected chi connectivity index (χ4v) is 3.08. The zero-order valence-electron chi connectivity index (χ0n) is 16.6. The molecule has 1 N–H and O–H groups in total. The van der Waals surface area contributed by atoms with E-state index in [0.29, 0.717) is 29.6 Å². The van der Waals surface area contributed by atoms with Crippen LogP contribution in [0.5, 0.6) is 11.5 Å². The van der Waals surface area contributed by atoms with Gasteiger partial charge < -0.3 is 24.6 Å². The van der Waals surface area contributed by atoms with Gasteiger partial charge in [-0.05, 0) is 43.3 Å². The Labute approximate surface area is 165 Å². The Hall–Kier alpha value is -2.87. The van der Waals surface area contributed by atoms with E-state index >= 15 is 0 Å². The van der Waals surface area contributed by atoms with Crippen LogP contribution in [-0.2, 0) is 6.42 Å². The number of nitrogens with one attached hydrogen (secondary N) is 1. The van der Waals surface area contributed by atoms with Crippen molar-refractivity contribution >= 4 is 11.7 Å². The van der Waals surface area contributed by atoms with Crippen molar-refractivity contribution < 1.29 is 14.3 Å². The molecule has 28 heavy (non-hydrogen) atoms. The number of amides is 1. The van der Waals surface area contributed by atoms with E-state index in [4.69, 9.17) is 9.47 Å². The van der Waals surface area contributed by atoms with E-state index in [-0.39, 0.29) is 5.91 Å². The van der Waals surface area contributed by atoms with Gasteiger partial charge in [0.1, 0.15) is 5.82 Å². The summed E-state index contributed by atoms with van der Waals surface area (Å²) in [6.07, 6.45) is 0.796. The highest BCUT2D eigenvalue weighted by Crippen LogP contribution is 2.27. The number of likely N-dealkylation sites (N-methyl/N-ethyl adjacent to an activating group) is 1. The number of benzene rings is 1. The van der Waals surface area contributed by atoms with E-state index in [0.717, 1.165) is 38.2 Å². The van der Waals surface area contributed by atoms with Crippen LogP contribution in [0.2, 0.25) is 0 Å². The number of hydrogen-bond acceptors (Lipinski definition) is 7. The number of piperazine rings is 1. The predicted octanol–water partition coefficient (Wildman–Crippen LogP) is 1.54. The van der Waals surface area contributed by atoms with E-state index in [9.17, 15) is 4.79 Å². The minimum absolute atomic E-state index is 0.0579. The Bertz CT molecular complexity index is 789. The van der Waals surface area contributed by atoms with Gasteiger partial charge in [-0.2, -0.15) is 0 Å². The van der Waals surface area contributed by atoms with Crippen molar-refractivity contribution in [1.82, 2.24) is 20.0 Å². The molecule has 1 fully saturated rings. The predicted molar refractivity (Wildman–Crippen MR) is 107 cm³/mol. The van der Waals surface area contributed by atoms with Crippen LogP contribution in [0, 0.1) is 0 Å². The molecule has 150 valence electrons. The Balaban J connectivity index is 1.51. The lowest BCUT2D eigenvalue weighted by molar-refractivity contribution is 0.0657. The molecule has 0 atom stereocenters. The van der Waals surface area contributed by atoms with Crippen LogP contribution in [0.1, 0.15) is 16.1 Å². The first kappa shape index (κ1) is 19.9. The highest BCUT2D eigenvalue weighted by molar-refractivity contribution is 5.92. The Kier molecular flexibility index (Phi) is 6.65. The molecule has 3 rings (SSSR count). The van der Waals surface area contributed by atoms with Crippen molar-refractivity contribution in [3.63, 3.8) is 0 Å². The van der Waals surface area contributed by atoms with Gasteiger partial charge in [0.05, 0.1) is 14.2 Å². The number of hydrogen-bond donors (Lipinski definition) is 1. The number of ether oxygens (including phenoxy) is 2. The van der Waals surface area contributed by atoms with Crippen molar-refractivity contribution in [2.45, 2.75) is 6.42 Å². The lowest BCUT2D eigenvalue weighted by atomic mass is 10.1. The summed E-state index contributed by atoms with van der Waals surface area (Å²) in [5.74, 6) is 2.02. The summed E-state index contributed by atoms with van der Waals surface area (Å²) in [5, 5.41) is 11.5. The minimum Gasteiger partial charge on any atom is -0.493 e. The molecule has 8 heteroatoms. The van der Waals surface area contributed by atoms with Crippen LogP contribution in [0.3, 0.4) is 0 Å². The summed E-state index contributed by atoms with van der Waals surface area (Å²) >= 11 is 0. The number of carbonyl (C=O) groups excluding carboxylic acids is 1. The highest BCUT2D eigenvalue weighted by Gasteiger charge is 2.21. The molecule has 1 aromatic carbocycles. The fraction of sp³-hybridized carbons (Fsp3) is 0.450. The molecule has 2 heterocycles. The van der Waals surface area contributed by atoms with Gasteiger partial charge in [0.25, 0.3) is 5.91 Å². The monoisotopic (exact) mass is 385 g/mol. The van der Waals surface area contributed by atoms with Gasteiger partial charge in [0.15, 0.2) is 17.2 Å². The lowest BCUT2D eigenvalue weighted by Gasteiger charge is -2.32. The summed E-state index contributed by atoms with van der Waals surface area (Å²) in [5.41, 5.74) is 1.51. The number of aromatic nitrogens is 2. The summed E-state index contributed by atoms with van der Waals surface area (Å²) < 4.78 is 10.6. The summed E-state index contributed by atoms with van der Waals surface area (Å²) in [4.78, 5) is 16.5. The van der Waals surface area contributed by atoms with Crippen LogP contribution in [0.15, 0.2) is 30.3 Å². The maximum absolute atomic E-state index is 12.5. The Morgan fingerprint density at radius 3 is 2.43 bits per heavy atom. The number of methoxy groups -OCH3 is 2. The molecule has 0 saturated carbocycles. The van der Waals surface area contributed by atoms with Gasteiger partial charge in [-0.3, -0.25) is 4.79 Å². The third-order valence-electron chi connectivity index (χ3n) is 4.84. The highest BCUT2D eigenvalue weighted by atomic mass is 16.5. The molecular formula is C20H27N5O3. The second-order valence-corrected chi connectivity index (χ2v) is 6.77. The molecule has 1 saturated heterocycles. The van der Waals surface area contributed by atoms with Crippen LogP contribution in [0.25, 0.3) is 0 Å². The lowest BCUT2D eigenvalue weighted by Crippen LogP contribution is -2.47. The second kappa shape index (κ2) is 9.36. The number of nitrogens with zero attached hydrogens (tertiary/aromatic N) is 4. The van der Waals surface area contributed by atoms with Gasteiger partial charge in [-0.15, -0.1) is 10.2 Å². The number of rotatable bonds is 7. The molecule has 0 unspecified atom stereocenters. The van der Waals surface area contributed by atoms with Crippen molar-refractivity contribution in [2.24, 2.45) is 0 Å². The summed E-state index contributed by atoms with van der Waals surface area (Å²) in [7, 11) is 5.31. The van der Waals surface area contributed by atoms with E-state index in [1.807, 2.05) is 23.1 Å². The van der Waals surface area contributed by atoms with E-state index in [2.05, 4.69) is 27.5 Å². The largest absolute Gasteiger partial charge is 0.493 e. The van der Waals surface area contributed by atoms with Crippen LogP contribution in [-0.4, -0.2) is 79.9 Å². The molecule has 1 aliphatic rings. The van der Waals surface area contributed by atoms with Crippen LogP contribution >= 0.6 is 0 Å². The maximum Gasteiger partial charge on any atom is 0.274 e. The molecule has 1 aliphatic heterocycles. The molecule has 0 radical (unpaired) electrons. The third kappa shape index (κ3) is 4.89. The fourth-order valence-electron chi connectivity index (χ4n) is 3.08. The molecule has 2 aromatic rings. The average Bonchev–Trinajstić information content (AvgIpc) is 2.74. The van der Waals surface area contributed by atoms with E-state index < -0.39 is 0 Å². The maximum atomic E-state index is 12.5. The molecule has 8 nitrogen and oxygen atoms in total. The Morgan fingerprint density at radius 2 is 1.79 bits per heavy atom. The molecule has 0 spiro atoms. The third-order valence-corrected chi connectivity index (χ3v) is 4.84. The van der Waals surface area contributed by atoms with Crippen molar-refractivity contribution in [1.29, 1.82) is 0 Å². The number of anilines is 1. The zero-order chi connectivity index (χ0) is 19.9. The minimum atomic E-state index is -0.0579. The zero-order valence-corrected chi connectivity index (χ0v) is 16.6. The van der Waals surface area contributed by atoms with Gasteiger partial charge in [-0.25, -0.2) is 0 Å². The van der Waals surface area contributed by atoms with Gasteiger partial charge in [-0.1, -0.05) is 6.07 Å². The van der Waals surface area contributed by atoms with Gasteiger partial charge in [0.2, 0.25) is 0 Å². The molecule has 0 aliphatic carbocycles. The van der Waals surface area contributed by atoms with Crippen molar-refractivity contribution in [3.8, 4) is 11.5 Å². The smallest absolute Gasteiger partial charge is 0.274 e. The average molecular weight is 385 g/mol. The topological polar surface area (TPSA) is 79.8 Å². The summed E-state index contributed by atoms with van der Waals surface area (Å²) in [6.45, 7) is 3.91. The quantitative estimate of drug-likeness (QED) is 0.774. The normalized spacial score (nSPS) is 14.6. The molecule has 0 bridgehead atoms. The first-order valence-electron chi connectivity index (χ1n) is 9.37. The second-order valence-electron chi connectivity index (χ2n) is 6.77. The molecular weight excluding hydrogens is 358 g/mol. The molecule has 1 amide bonds.